The molecule has 0 saturated heterocycles. The summed E-state index contributed by atoms with van der Waals surface area (Å²) in [6, 6.07) is 17.5. The Labute approximate surface area is 645 Å². The number of allylic oxidation sites excluding steroid dienone is 2. The van der Waals surface area contributed by atoms with Crippen molar-refractivity contribution >= 4 is 11.4 Å². The Balaban J connectivity index is 0.000000851. The van der Waals surface area contributed by atoms with Gasteiger partial charge in [-0.2, -0.15) is 0 Å². The number of benzene rings is 2. The van der Waals surface area contributed by atoms with Crippen LogP contribution in [0.4, 0.5) is 0 Å². The van der Waals surface area contributed by atoms with Crippen LogP contribution < -0.4 is 0 Å². The van der Waals surface area contributed by atoms with Crippen molar-refractivity contribution < 1.29 is 19.1 Å². The van der Waals surface area contributed by atoms with Gasteiger partial charge < -0.3 is 5.53 Å². The van der Waals surface area contributed by atoms with Crippen LogP contribution in [0.5, 0.6) is 0 Å². The second-order valence-electron chi connectivity index (χ2n) is 31.6. The molecule has 0 atom stereocenters. The van der Waals surface area contributed by atoms with Gasteiger partial charge in [0.25, 0.3) is 0 Å². The van der Waals surface area contributed by atoms with E-state index in [1.165, 1.54) is 431 Å². The molecule has 2 aromatic rings. The Hall–Kier alpha value is -2.87. The standard InChI is InChI=1S/C65H102N2.2C17H35.Ni/c1-5-9-12-14-16-18-20-22-24-26-28-30-32-34-36-38-40-42-45-51-58-53-47-49-55-61(58)64-60(8-4)63(57-44-11-7-3)65(67(64)66)62-56-50-48-54-59(62)52-46-43-41-39-37-35-33-31-29-27-25-23-21-19-17-15-13-10-6-2;2*1-3-5-7-9-11-13-15-17-16-14-12-10-8-6-4-2;/h47-50,53-56H,5-39,44-46,51-52,57H2,1-4H3;2*1,3-17H2,2H3;. The summed E-state index contributed by atoms with van der Waals surface area (Å²) in [5, 5.41) is 2.87. The summed E-state index contributed by atoms with van der Waals surface area (Å²) >= 11 is 2.04. The van der Waals surface area contributed by atoms with Gasteiger partial charge in [-0.3, -0.25) is 0 Å². The van der Waals surface area contributed by atoms with E-state index >= 15 is 0 Å². The second-order valence-corrected chi connectivity index (χ2v) is 33.1. The fourth-order valence-electron chi connectivity index (χ4n) is 15.4. The number of nitrogens with zero attached hydrogens (tertiary/aromatic N) is 2. The predicted molar refractivity (Wildman–Crippen MR) is 456 cm³/mol. The monoisotopic (exact) mass is 1450 g/mol. The number of unbranched alkanes of at least 4 members (excludes halogenated alkanes) is 60. The van der Waals surface area contributed by atoms with E-state index in [0.29, 0.717) is 0 Å². The maximum absolute atomic E-state index is 12.4. The van der Waals surface area contributed by atoms with Crippen molar-refractivity contribution in [3.8, 4) is 23.7 Å². The average Bonchev–Trinajstić information content (AvgIpc) is 1.60. The Morgan fingerprint density at radius 1 is 0.245 bits per heavy atom. The van der Waals surface area contributed by atoms with Gasteiger partial charge in [0.1, 0.15) is 0 Å². The summed E-state index contributed by atoms with van der Waals surface area (Å²) < 4.78 is 1.57. The van der Waals surface area contributed by atoms with Crippen LogP contribution in [-0.2, 0) is 27.3 Å². The van der Waals surface area contributed by atoms with E-state index in [1.54, 1.807) is 4.70 Å². The van der Waals surface area contributed by atoms with Crippen molar-refractivity contribution in [2.24, 2.45) is 0 Å². The van der Waals surface area contributed by atoms with Gasteiger partial charge in [-0.15, -0.1) is 23.7 Å². The summed E-state index contributed by atoms with van der Waals surface area (Å²) in [4.78, 5) is 0. The van der Waals surface area contributed by atoms with Crippen LogP contribution in [0.15, 0.2) is 59.7 Å². The van der Waals surface area contributed by atoms with E-state index in [4.69, 9.17) is 0 Å². The number of rotatable bonds is 73. The second kappa shape index (κ2) is 76.3. The van der Waals surface area contributed by atoms with Crippen LogP contribution in [0.2, 0.25) is 10.8 Å². The van der Waals surface area contributed by atoms with Crippen molar-refractivity contribution in [2.45, 2.75) is 508 Å². The molecule has 0 amide bonds. The van der Waals surface area contributed by atoms with Gasteiger partial charge in [0, 0.05) is 48.0 Å². The van der Waals surface area contributed by atoms with Crippen molar-refractivity contribution in [2.75, 3.05) is 0 Å². The topological polar surface area (TPSA) is 25.3 Å². The Morgan fingerprint density at radius 2 is 0.471 bits per heavy atom. The molecule has 0 fully saturated rings. The molecule has 0 spiro atoms. The van der Waals surface area contributed by atoms with Gasteiger partial charge in [-0.1, -0.05) is 322 Å². The van der Waals surface area contributed by atoms with Crippen molar-refractivity contribution in [1.29, 1.82) is 0 Å². The molecule has 0 aromatic heterocycles. The van der Waals surface area contributed by atoms with Crippen LogP contribution in [0, 0.1) is 23.7 Å². The zero-order valence-electron chi connectivity index (χ0n) is 69.4. The quantitative estimate of drug-likeness (QED) is 0.0273. The molecule has 0 aliphatic carbocycles. The van der Waals surface area contributed by atoms with E-state index in [9.17, 15) is 5.53 Å². The Morgan fingerprint density at radius 3 is 0.745 bits per heavy atom. The number of hydrogen-bond acceptors (Lipinski definition) is 0. The minimum atomic E-state index is 0.850. The van der Waals surface area contributed by atoms with Gasteiger partial charge in [-0.25, -0.2) is 4.70 Å². The molecule has 102 heavy (non-hydrogen) atoms. The zero-order chi connectivity index (χ0) is 73.0. The van der Waals surface area contributed by atoms with Gasteiger partial charge in [0.05, 0.1) is 0 Å². The van der Waals surface area contributed by atoms with Crippen LogP contribution in [0.1, 0.15) is 507 Å². The number of hydrogen-bond donors (Lipinski definition) is 0. The predicted octanol–water partition coefficient (Wildman–Crippen LogP) is 34.9. The first-order valence-corrected chi connectivity index (χ1v) is 47.5. The molecular formula is C99H172N2Ni. The summed E-state index contributed by atoms with van der Waals surface area (Å²) in [7, 11) is 0. The molecule has 1 heterocycles. The summed E-state index contributed by atoms with van der Waals surface area (Å²) in [6.07, 6.45) is 97.0. The third-order valence-electron chi connectivity index (χ3n) is 22.0. The fourth-order valence-corrected chi connectivity index (χ4v) is 16.6. The van der Waals surface area contributed by atoms with Crippen molar-refractivity contribution in [1.82, 2.24) is 0 Å². The van der Waals surface area contributed by atoms with E-state index in [2.05, 4.69) is 114 Å². The van der Waals surface area contributed by atoms with E-state index < -0.39 is 0 Å². The molecule has 588 valence electrons. The van der Waals surface area contributed by atoms with Crippen LogP contribution in [0.3, 0.4) is 0 Å². The average molecular weight is 1450 g/mol. The minimum Gasteiger partial charge on any atom is -0.0654 e. The smallest absolute Gasteiger partial charge is 0.0654 e. The third kappa shape index (κ3) is 54.7. The molecule has 0 radical (unpaired) electrons. The number of aryl methyl sites for hydroxylation is 2. The summed E-state index contributed by atoms with van der Waals surface area (Å²) in [5.74, 6) is 14.1. The third-order valence-corrected chi connectivity index (χ3v) is 23.4. The molecule has 1 aliphatic rings. The SMILES string of the molecule is CCCCCCCCCCCCCCCCCC#CCCc1ccccc1C1=C(CC)C(CCCCC)=C(c2ccccc2CCC#CCCCCCCCCCCCCCCCCC)[N+]1=[N-].CCCCCCCCCCCCCCCC[CH2][Ni][CH2]CCCCCCCCCCCCCCCC. The fraction of sp³-hybridized carbons (Fsp3) is 0.798. The summed E-state index contributed by atoms with van der Waals surface area (Å²) in [5.41, 5.74) is 21.8. The van der Waals surface area contributed by atoms with Crippen LogP contribution in [0.25, 0.3) is 16.9 Å². The molecule has 3 rings (SSSR count). The molecule has 0 N–H and O–H groups in total. The van der Waals surface area contributed by atoms with Gasteiger partial charge in [0.15, 0.2) is 0 Å². The Bertz CT molecular complexity index is 2310. The van der Waals surface area contributed by atoms with Crippen molar-refractivity contribution in [3.05, 3.63) is 87.5 Å². The van der Waals surface area contributed by atoms with Gasteiger partial charge in [-0.05, 0) is 68.2 Å². The molecule has 3 heteroatoms. The Kier molecular flexibility index (Phi) is 71.3. The molecule has 2 aromatic carbocycles. The first-order chi connectivity index (χ1) is 50.6. The molecule has 0 saturated carbocycles. The van der Waals surface area contributed by atoms with Gasteiger partial charge in [0.2, 0.25) is 11.4 Å². The normalized spacial score (nSPS) is 12.2. The zero-order valence-corrected chi connectivity index (χ0v) is 70.4. The van der Waals surface area contributed by atoms with E-state index in [1.807, 2.05) is 14.4 Å². The van der Waals surface area contributed by atoms with Crippen LogP contribution >= 0.6 is 0 Å². The van der Waals surface area contributed by atoms with Gasteiger partial charge >= 0.3 is 166 Å². The minimum absolute atomic E-state index is 0.850. The molecule has 1 aliphatic heterocycles. The van der Waals surface area contributed by atoms with E-state index in [0.717, 1.165) is 80.3 Å². The summed E-state index contributed by atoms with van der Waals surface area (Å²) in [6.45, 7) is 13.8. The molecule has 0 bridgehead atoms. The maximum atomic E-state index is 12.4. The van der Waals surface area contributed by atoms with Crippen LogP contribution in [-0.4, -0.2) is 4.70 Å². The molecule has 2 nitrogen and oxygen atoms in total. The van der Waals surface area contributed by atoms with Crippen molar-refractivity contribution in [3.63, 3.8) is 0 Å². The first-order valence-electron chi connectivity index (χ1n) is 46.1. The van der Waals surface area contributed by atoms with E-state index in [-0.39, 0.29) is 0 Å². The molecular weight excluding hydrogens is 1280 g/mol. The first kappa shape index (κ1) is 95.2. The molecule has 0 unspecified atom stereocenters.